The van der Waals surface area contributed by atoms with E-state index in [1.807, 2.05) is 12.1 Å². The van der Waals surface area contributed by atoms with Crippen molar-refractivity contribution in [1.82, 2.24) is 4.98 Å². The van der Waals surface area contributed by atoms with Gasteiger partial charge in [0.1, 0.15) is 0 Å². The summed E-state index contributed by atoms with van der Waals surface area (Å²) in [5.41, 5.74) is 5.54. The standard InChI is InChI=1S/C19H20N2O2/c1-11-12(2)19(23)15(13(3)18(11)22)7-4-6-14-10-17-16(21-14)8-5-9-20-17/h5,8-9H,4,6-7,10H2,1-3H3. The lowest BCUT2D eigenvalue weighted by atomic mass is 9.84. The zero-order valence-corrected chi connectivity index (χ0v) is 13.8. The fraction of sp³-hybridized carbons (Fsp3) is 0.368. The molecule has 2 heterocycles. The number of carbonyl (C=O) groups excluding carboxylic acids is 2. The summed E-state index contributed by atoms with van der Waals surface area (Å²) in [6.07, 6.45) is 4.86. The molecular weight excluding hydrogens is 288 g/mol. The van der Waals surface area contributed by atoms with Gasteiger partial charge in [-0.15, -0.1) is 0 Å². The first-order valence-electron chi connectivity index (χ1n) is 7.96. The van der Waals surface area contributed by atoms with Crippen molar-refractivity contribution < 1.29 is 9.59 Å². The number of aliphatic imine (C=N–C) groups is 1. The van der Waals surface area contributed by atoms with Crippen LogP contribution >= 0.6 is 0 Å². The number of fused-ring (bicyclic) bond motifs is 1. The third-order valence-electron chi connectivity index (χ3n) is 4.72. The van der Waals surface area contributed by atoms with E-state index in [-0.39, 0.29) is 11.6 Å². The lowest BCUT2D eigenvalue weighted by Gasteiger charge is -2.18. The average molecular weight is 308 g/mol. The molecule has 0 radical (unpaired) electrons. The number of carbonyl (C=O) groups is 2. The highest BCUT2D eigenvalue weighted by Gasteiger charge is 2.27. The number of Topliss-reactive ketones (excluding diaryl/α,β-unsaturated/α-hetero) is 2. The van der Waals surface area contributed by atoms with Gasteiger partial charge in [-0.1, -0.05) is 0 Å². The third-order valence-corrected chi connectivity index (χ3v) is 4.72. The molecule has 23 heavy (non-hydrogen) atoms. The van der Waals surface area contributed by atoms with Crippen LogP contribution in [0.2, 0.25) is 0 Å². The largest absolute Gasteiger partial charge is 0.289 e. The van der Waals surface area contributed by atoms with Crippen LogP contribution in [0.5, 0.6) is 0 Å². The molecule has 0 bridgehead atoms. The molecule has 0 fully saturated rings. The summed E-state index contributed by atoms with van der Waals surface area (Å²) in [5, 5.41) is 0. The van der Waals surface area contributed by atoms with E-state index in [0.29, 0.717) is 28.7 Å². The van der Waals surface area contributed by atoms with Crippen LogP contribution in [0.1, 0.15) is 45.7 Å². The summed E-state index contributed by atoms with van der Waals surface area (Å²) < 4.78 is 0. The summed E-state index contributed by atoms with van der Waals surface area (Å²) in [7, 11) is 0. The summed E-state index contributed by atoms with van der Waals surface area (Å²) >= 11 is 0. The first-order valence-corrected chi connectivity index (χ1v) is 7.96. The number of ketones is 2. The molecule has 4 heteroatoms. The number of hydrogen-bond donors (Lipinski definition) is 0. The van der Waals surface area contributed by atoms with Crippen LogP contribution in [0.25, 0.3) is 0 Å². The predicted molar refractivity (Wildman–Crippen MR) is 90.0 cm³/mol. The topological polar surface area (TPSA) is 59.4 Å². The van der Waals surface area contributed by atoms with Crippen LogP contribution in [0.3, 0.4) is 0 Å². The number of nitrogens with zero attached hydrogens (tertiary/aromatic N) is 2. The van der Waals surface area contributed by atoms with E-state index in [1.165, 1.54) is 0 Å². The predicted octanol–water partition coefficient (Wildman–Crippen LogP) is 3.69. The van der Waals surface area contributed by atoms with Crippen molar-refractivity contribution in [2.75, 3.05) is 0 Å². The van der Waals surface area contributed by atoms with Gasteiger partial charge in [0.05, 0.1) is 11.4 Å². The van der Waals surface area contributed by atoms with Gasteiger partial charge in [0.15, 0.2) is 11.6 Å². The Balaban J connectivity index is 1.64. The Morgan fingerprint density at radius 3 is 2.48 bits per heavy atom. The molecule has 1 aromatic rings. The molecule has 0 N–H and O–H groups in total. The Morgan fingerprint density at radius 2 is 1.74 bits per heavy atom. The Bertz CT molecular complexity index is 797. The van der Waals surface area contributed by atoms with E-state index in [9.17, 15) is 9.59 Å². The quantitative estimate of drug-likeness (QED) is 0.797. The zero-order chi connectivity index (χ0) is 16.6. The highest BCUT2D eigenvalue weighted by molar-refractivity contribution is 6.24. The van der Waals surface area contributed by atoms with Crippen molar-refractivity contribution >= 4 is 23.0 Å². The summed E-state index contributed by atoms with van der Waals surface area (Å²) in [4.78, 5) is 33.5. The van der Waals surface area contributed by atoms with Gasteiger partial charge in [0.25, 0.3) is 0 Å². The van der Waals surface area contributed by atoms with Gasteiger partial charge in [-0.2, -0.15) is 0 Å². The number of rotatable bonds is 4. The molecule has 1 aliphatic carbocycles. The molecule has 3 rings (SSSR count). The summed E-state index contributed by atoms with van der Waals surface area (Å²) in [6.45, 7) is 5.23. The molecule has 0 unspecified atom stereocenters. The third kappa shape index (κ3) is 2.81. The molecule has 0 saturated heterocycles. The Hall–Kier alpha value is -2.36. The molecule has 0 atom stereocenters. The highest BCUT2D eigenvalue weighted by Crippen LogP contribution is 2.29. The minimum atomic E-state index is 0.00640. The normalized spacial score (nSPS) is 17.8. The van der Waals surface area contributed by atoms with Gasteiger partial charge in [-0.05, 0) is 52.2 Å². The smallest absolute Gasteiger partial charge is 0.185 e. The van der Waals surface area contributed by atoms with Crippen molar-refractivity contribution in [3.63, 3.8) is 0 Å². The van der Waals surface area contributed by atoms with Crippen molar-refractivity contribution in [2.45, 2.75) is 46.5 Å². The fourth-order valence-electron chi connectivity index (χ4n) is 3.14. The van der Waals surface area contributed by atoms with Crippen LogP contribution in [-0.4, -0.2) is 22.3 Å². The molecule has 0 amide bonds. The van der Waals surface area contributed by atoms with Crippen LogP contribution in [-0.2, 0) is 16.0 Å². The monoisotopic (exact) mass is 308 g/mol. The molecule has 0 aromatic carbocycles. The minimum Gasteiger partial charge on any atom is -0.289 e. The molecule has 118 valence electrons. The maximum Gasteiger partial charge on any atom is 0.185 e. The van der Waals surface area contributed by atoms with Crippen molar-refractivity contribution in [1.29, 1.82) is 0 Å². The molecule has 1 aliphatic heterocycles. The molecule has 1 aromatic heterocycles. The summed E-state index contributed by atoms with van der Waals surface area (Å²) in [6, 6.07) is 3.87. The Labute approximate surface area is 136 Å². The average Bonchev–Trinajstić information content (AvgIpc) is 2.97. The van der Waals surface area contributed by atoms with Crippen molar-refractivity contribution in [2.24, 2.45) is 4.99 Å². The van der Waals surface area contributed by atoms with Crippen LogP contribution in [0.4, 0.5) is 5.69 Å². The maximum absolute atomic E-state index is 12.4. The second-order valence-corrected chi connectivity index (χ2v) is 6.19. The summed E-state index contributed by atoms with van der Waals surface area (Å²) in [5.74, 6) is 0.0322. The van der Waals surface area contributed by atoms with Gasteiger partial charge in [-0.25, -0.2) is 0 Å². The number of hydrogen-bond acceptors (Lipinski definition) is 4. The fourth-order valence-corrected chi connectivity index (χ4v) is 3.14. The van der Waals surface area contributed by atoms with E-state index < -0.39 is 0 Å². The SMILES string of the molecule is CC1=C(C)C(=O)C(CCCC2=Nc3cccnc3C2)=C(C)C1=O. The van der Waals surface area contributed by atoms with Crippen molar-refractivity contribution in [3.8, 4) is 0 Å². The van der Waals surface area contributed by atoms with Crippen molar-refractivity contribution in [3.05, 3.63) is 46.3 Å². The van der Waals surface area contributed by atoms with E-state index in [0.717, 1.165) is 36.4 Å². The molecule has 4 nitrogen and oxygen atoms in total. The lowest BCUT2D eigenvalue weighted by molar-refractivity contribution is -0.116. The number of allylic oxidation sites excluding steroid dienone is 4. The van der Waals surface area contributed by atoms with Crippen LogP contribution < -0.4 is 0 Å². The van der Waals surface area contributed by atoms with Gasteiger partial charge in [0.2, 0.25) is 0 Å². The number of aromatic nitrogens is 1. The van der Waals surface area contributed by atoms with E-state index >= 15 is 0 Å². The highest BCUT2D eigenvalue weighted by atomic mass is 16.1. The van der Waals surface area contributed by atoms with E-state index in [1.54, 1.807) is 27.0 Å². The first-order chi connectivity index (χ1) is 11.0. The Morgan fingerprint density at radius 1 is 1.00 bits per heavy atom. The second kappa shape index (κ2) is 6.03. The number of pyridine rings is 1. The maximum atomic E-state index is 12.4. The van der Waals surface area contributed by atoms with E-state index in [4.69, 9.17) is 0 Å². The van der Waals surface area contributed by atoms with Gasteiger partial charge in [-0.3, -0.25) is 19.6 Å². The first kappa shape index (κ1) is 15.5. The molecule has 0 spiro atoms. The Kier molecular flexibility index (Phi) is 4.07. The lowest BCUT2D eigenvalue weighted by Crippen LogP contribution is -2.20. The zero-order valence-electron chi connectivity index (χ0n) is 13.8. The van der Waals surface area contributed by atoms with Gasteiger partial charge in [0, 0.05) is 40.6 Å². The molecular formula is C19H20N2O2. The van der Waals surface area contributed by atoms with Gasteiger partial charge < -0.3 is 0 Å². The van der Waals surface area contributed by atoms with Crippen LogP contribution in [0, 0.1) is 0 Å². The van der Waals surface area contributed by atoms with Gasteiger partial charge >= 0.3 is 0 Å². The second-order valence-electron chi connectivity index (χ2n) is 6.19. The van der Waals surface area contributed by atoms with Crippen LogP contribution in [0.15, 0.2) is 45.6 Å². The minimum absolute atomic E-state index is 0.00640. The molecule has 0 saturated carbocycles. The molecule has 2 aliphatic rings. The van der Waals surface area contributed by atoms with E-state index in [2.05, 4.69) is 9.98 Å².